The minimum atomic E-state index is -0.0539. The Hall–Kier alpha value is -0.580. The molecule has 18 heavy (non-hydrogen) atoms. The van der Waals surface area contributed by atoms with Crippen LogP contribution < -0.4 is 5.32 Å². The van der Waals surface area contributed by atoms with Gasteiger partial charge in [-0.1, -0.05) is 26.0 Å². The van der Waals surface area contributed by atoms with Crippen molar-refractivity contribution in [2.24, 2.45) is 5.41 Å². The number of benzene rings is 1. The number of nitrogens with one attached hydrogen (secondary N) is 1. The zero-order valence-electron chi connectivity index (χ0n) is 11.0. The van der Waals surface area contributed by atoms with Crippen LogP contribution in [0, 0.1) is 5.41 Å². The Balaban J connectivity index is 2.58. The third kappa shape index (κ3) is 3.70. The third-order valence-corrected chi connectivity index (χ3v) is 4.36. The van der Waals surface area contributed by atoms with E-state index in [0.29, 0.717) is 11.0 Å². The van der Waals surface area contributed by atoms with Crippen molar-refractivity contribution in [2.45, 2.75) is 33.2 Å². The van der Waals surface area contributed by atoms with E-state index in [1.54, 1.807) is 0 Å². The maximum absolute atomic E-state index is 9.86. The molecule has 0 aliphatic heterocycles. The number of aliphatic hydroxyl groups excluding tert-OH is 1. The second-order valence-corrected chi connectivity index (χ2v) is 5.57. The van der Waals surface area contributed by atoms with E-state index in [2.05, 4.69) is 35.1 Å². The largest absolute Gasteiger partial charge is 0.506 e. The summed E-state index contributed by atoms with van der Waals surface area (Å²) >= 11 is 3.30. The zero-order valence-corrected chi connectivity index (χ0v) is 12.6. The van der Waals surface area contributed by atoms with Crippen molar-refractivity contribution >= 4 is 15.9 Å². The lowest BCUT2D eigenvalue weighted by Crippen LogP contribution is -2.36. The van der Waals surface area contributed by atoms with E-state index in [1.807, 2.05) is 18.2 Å². The summed E-state index contributed by atoms with van der Waals surface area (Å²) in [5.74, 6) is 0.285. The van der Waals surface area contributed by atoms with Crippen LogP contribution in [0.1, 0.15) is 32.3 Å². The van der Waals surface area contributed by atoms with Crippen molar-refractivity contribution in [3.8, 4) is 5.75 Å². The van der Waals surface area contributed by atoms with Crippen LogP contribution in [0.2, 0.25) is 0 Å². The molecule has 1 aromatic rings. The molecule has 0 radical (unpaired) electrons. The van der Waals surface area contributed by atoms with Crippen molar-refractivity contribution in [3.05, 3.63) is 28.2 Å². The highest BCUT2D eigenvalue weighted by Gasteiger charge is 2.24. The molecule has 0 fully saturated rings. The van der Waals surface area contributed by atoms with E-state index in [0.717, 1.165) is 24.9 Å². The molecule has 0 bridgehead atoms. The van der Waals surface area contributed by atoms with Gasteiger partial charge in [-0.3, -0.25) is 0 Å². The van der Waals surface area contributed by atoms with Gasteiger partial charge in [-0.25, -0.2) is 0 Å². The van der Waals surface area contributed by atoms with E-state index in [1.165, 1.54) is 0 Å². The molecule has 1 rings (SSSR count). The van der Waals surface area contributed by atoms with Gasteiger partial charge >= 0.3 is 0 Å². The summed E-state index contributed by atoms with van der Waals surface area (Å²) in [5, 5.41) is 22.7. The summed E-state index contributed by atoms with van der Waals surface area (Å²) in [7, 11) is 0. The first kappa shape index (κ1) is 15.5. The van der Waals surface area contributed by atoms with Gasteiger partial charge in [-0.15, -0.1) is 0 Å². The molecule has 3 nitrogen and oxygen atoms in total. The monoisotopic (exact) mass is 315 g/mol. The van der Waals surface area contributed by atoms with Crippen LogP contribution in [0.15, 0.2) is 22.7 Å². The molecule has 0 aliphatic rings. The fraction of sp³-hybridized carbons (Fsp3) is 0.571. The number of aliphatic hydroxyl groups is 1. The number of rotatable bonds is 7. The number of halogens is 1. The molecular weight excluding hydrogens is 294 g/mol. The Labute approximate surface area is 117 Å². The number of phenols is 1. The smallest absolute Gasteiger partial charge is 0.134 e. The molecule has 0 spiro atoms. The van der Waals surface area contributed by atoms with Crippen LogP contribution in [-0.4, -0.2) is 23.4 Å². The Kier molecular flexibility index (Phi) is 6.12. The maximum atomic E-state index is 9.86. The number of para-hydroxylation sites is 1. The van der Waals surface area contributed by atoms with Gasteiger partial charge in [0.25, 0.3) is 0 Å². The van der Waals surface area contributed by atoms with Gasteiger partial charge in [0.2, 0.25) is 0 Å². The highest BCUT2D eigenvalue weighted by molar-refractivity contribution is 9.10. The first-order chi connectivity index (χ1) is 8.58. The predicted octanol–water partition coefficient (Wildman–Crippen LogP) is 3.04. The number of hydrogen-bond acceptors (Lipinski definition) is 3. The van der Waals surface area contributed by atoms with Gasteiger partial charge in [-0.05, 0) is 34.8 Å². The summed E-state index contributed by atoms with van der Waals surface area (Å²) in [6.45, 7) is 5.74. The van der Waals surface area contributed by atoms with Crippen LogP contribution in [-0.2, 0) is 6.54 Å². The molecule has 0 atom stereocenters. The predicted molar refractivity (Wildman–Crippen MR) is 77.6 cm³/mol. The molecular formula is C14H22BrNO2. The molecule has 102 valence electrons. The van der Waals surface area contributed by atoms with Crippen molar-refractivity contribution in [1.82, 2.24) is 5.32 Å². The molecule has 0 unspecified atom stereocenters. The second kappa shape index (κ2) is 7.12. The van der Waals surface area contributed by atoms with E-state index in [-0.39, 0.29) is 17.8 Å². The Bertz CT molecular complexity index is 370. The van der Waals surface area contributed by atoms with Gasteiger partial charge in [-0.2, -0.15) is 0 Å². The third-order valence-electron chi connectivity index (χ3n) is 3.72. The Morgan fingerprint density at radius 3 is 2.50 bits per heavy atom. The second-order valence-electron chi connectivity index (χ2n) is 4.72. The maximum Gasteiger partial charge on any atom is 0.134 e. The molecule has 1 aromatic carbocycles. The molecule has 3 N–H and O–H groups in total. The summed E-state index contributed by atoms with van der Waals surface area (Å²) in [6.07, 6.45) is 1.88. The molecule has 0 saturated carbocycles. The quantitative estimate of drug-likeness (QED) is 0.725. The van der Waals surface area contributed by atoms with Gasteiger partial charge < -0.3 is 15.5 Å². The van der Waals surface area contributed by atoms with Crippen molar-refractivity contribution in [1.29, 1.82) is 0 Å². The molecule has 0 aliphatic carbocycles. The Morgan fingerprint density at radius 1 is 1.28 bits per heavy atom. The standard InChI is InChI=1S/C14H22BrNO2/c1-3-14(4-2,10-17)9-16-8-11-6-5-7-12(15)13(11)18/h5-7,16-18H,3-4,8-10H2,1-2H3. The van der Waals surface area contributed by atoms with Crippen molar-refractivity contribution in [3.63, 3.8) is 0 Å². The lowest BCUT2D eigenvalue weighted by molar-refractivity contribution is 0.113. The fourth-order valence-corrected chi connectivity index (χ4v) is 2.35. The molecule has 0 heterocycles. The number of hydrogen-bond donors (Lipinski definition) is 3. The van der Waals surface area contributed by atoms with Gasteiger partial charge in [0.15, 0.2) is 0 Å². The SMILES string of the molecule is CCC(CC)(CO)CNCc1cccc(Br)c1O. The average Bonchev–Trinajstić information content (AvgIpc) is 2.40. The highest BCUT2D eigenvalue weighted by Crippen LogP contribution is 2.28. The van der Waals surface area contributed by atoms with E-state index >= 15 is 0 Å². The summed E-state index contributed by atoms with van der Waals surface area (Å²) in [6, 6.07) is 5.61. The molecule has 0 aromatic heterocycles. The molecule has 4 heteroatoms. The van der Waals surface area contributed by atoms with Crippen LogP contribution in [0.3, 0.4) is 0 Å². The van der Waals surface area contributed by atoms with E-state index in [4.69, 9.17) is 0 Å². The summed E-state index contributed by atoms with van der Waals surface area (Å²) in [4.78, 5) is 0. The lowest BCUT2D eigenvalue weighted by Gasteiger charge is -2.29. The lowest BCUT2D eigenvalue weighted by atomic mass is 9.83. The summed E-state index contributed by atoms with van der Waals surface area (Å²) < 4.78 is 0.709. The van der Waals surface area contributed by atoms with Crippen molar-refractivity contribution in [2.75, 3.05) is 13.2 Å². The molecule has 0 saturated heterocycles. The van der Waals surface area contributed by atoms with Crippen molar-refractivity contribution < 1.29 is 10.2 Å². The number of phenolic OH excluding ortho intramolecular Hbond substituents is 1. The van der Waals surface area contributed by atoms with Crippen LogP contribution in [0.5, 0.6) is 5.75 Å². The van der Waals surface area contributed by atoms with Gasteiger partial charge in [0.1, 0.15) is 5.75 Å². The van der Waals surface area contributed by atoms with Gasteiger partial charge in [0.05, 0.1) is 4.47 Å². The first-order valence-electron chi connectivity index (χ1n) is 6.36. The Morgan fingerprint density at radius 2 is 1.94 bits per heavy atom. The average molecular weight is 316 g/mol. The van der Waals surface area contributed by atoms with Crippen LogP contribution >= 0.6 is 15.9 Å². The number of aromatic hydroxyl groups is 1. The first-order valence-corrected chi connectivity index (χ1v) is 7.15. The van der Waals surface area contributed by atoms with Gasteiger partial charge in [0, 0.05) is 30.7 Å². The fourth-order valence-electron chi connectivity index (χ4n) is 1.94. The topological polar surface area (TPSA) is 52.5 Å². The minimum absolute atomic E-state index is 0.0539. The van der Waals surface area contributed by atoms with Crippen LogP contribution in [0.4, 0.5) is 0 Å². The summed E-state index contributed by atoms with van der Waals surface area (Å²) in [5.41, 5.74) is 0.810. The van der Waals surface area contributed by atoms with E-state index < -0.39 is 0 Å². The zero-order chi connectivity index (χ0) is 13.6. The normalized spacial score (nSPS) is 11.8. The highest BCUT2D eigenvalue weighted by atomic mass is 79.9. The van der Waals surface area contributed by atoms with E-state index in [9.17, 15) is 10.2 Å². The minimum Gasteiger partial charge on any atom is -0.506 e. The van der Waals surface area contributed by atoms with Crippen LogP contribution in [0.25, 0.3) is 0 Å². The molecule has 0 amide bonds.